The molecule has 6 rings (SSSR count). The number of rotatable bonds is 11. The first-order chi connectivity index (χ1) is 22.6. The standard InChI is InChI=1S/C35H34Cl2N4O6/c1-3-29(34(43)44)39-33(42)21-10-11-28(37)23(14-21)17-40-18-24(16-38-40)25-6-4-8-30-32(25)26-15-22(26)19-41(30)35(45)47-13-12-46-31-9-5-7-27(36)20(31)2/h4-11,14,16,18,22,26,29H,3,12-13,15,17,19H2,1-2H3,(H,39,42)(H,43,44)/t22-,26-,29+/m0/s1. The van der Waals surface area contributed by atoms with Crippen LogP contribution in [-0.4, -0.2) is 58.7 Å². The summed E-state index contributed by atoms with van der Waals surface area (Å²) in [5, 5.41) is 17.5. The van der Waals surface area contributed by atoms with Gasteiger partial charge in [0.15, 0.2) is 0 Å². The molecule has 4 aromatic rings. The van der Waals surface area contributed by atoms with Crippen LogP contribution in [0.3, 0.4) is 0 Å². The zero-order chi connectivity index (χ0) is 33.2. The van der Waals surface area contributed by atoms with Gasteiger partial charge in [0, 0.05) is 39.5 Å². The lowest BCUT2D eigenvalue weighted by Gasteiger charge is -2.29. The van der Waals surface area contributed by atoms with Gasteiger partial charge in [-0.2, -0.15) is 5.10 Å². The van der Waals surface area contributed by atoms with Crippen molar-refractivity contribution in [2.75, 3.05) is 24.7 Å². The van der Waals surface area contributed by atoms with E-state index in [-0.39, 0.29) is 19.6 Å². The quantitative estimate of drug-likeness (QED) is 0.165. The number of carboxylic acid groups (broad SMARTS) is 1. The molecule has 47 heavy (non-hydrogen) atoms. The van der Waals surface area contributed by atoms with Crippen LogP contribution in [0.4, 0.5) is 10.5 Å². The summed E-state index contributed by atoms with van der Waals surface area (Å²) in [5.74, 6) is -0.207. The molecule has 0 spiro atoms. The van der Waals surface area contributed by atoms with E-state index in [0.29, 0.717) is 51.8 Å². The first-order valence-electron chi connectivity index (χ1n) is 15.4. The van der Waals surface area contributed by atoms with Crippen molar-refractivity contribution >= 4 is 46.9 Å². The van der Waals surface area contributed by atoms with Crippen LogP contribution in [-0.2, 0) is 16.1 Å². The molecular weight excluding hydrogens is 643 g/mol. The summed E-state index contributed by atoms with van der Waals surface area (Å²) in [6.07, 6.45) is 4.54. The highest BCUT2D eigenvalue weighted by atomic mass is 35.5. The summed E-state index contributed by atoms with van der Waals surface area (Å²) in [4.78, 5) is 39.1. The summed E-state index contributed by atoms with van der Waals surface area (Å²) in [7, 11) is 0. The van der Waals surface area contributed by atoms with Gasteiger partial charge in [-0.3, -0.25) is 14.4 Å². The third-order valence-electron chi connectivity index (χ3n) is 8.69. The van der Waals surface area contributed by atoms with Crippen LogP contribution in [0.5, 0.6) is 5.75 Å². The zero-order valence-electron chi connectivity index (χ0n) is 25.9. The van der Waals surface area contributed by atoms with Crippen molar-refractivity contribution in [2.45, 2.75) is 45.2 Å². The summed E-state index contributed by atoms with van der Waals surface area (Å²) < 4.78 is 13.2. The normalized spacial score (nSPS) is 16.9. The SMILES string of the molecule is CC[C@@H](NC(=O)c1ccc(Cl)c(Cn2cc(-c3cccc4c3[C@H]3C[C@H]3CN4C(=O)OCCOc3cccc(Cl)c3C)cn2)c1)C(=O)O. The molecule has 2 aliphatic rings. The monoisotopic (exact) mass is 676 g/mol. The summed E-state index contributed by atoms with van der Waals surface area (Å²) in [6.45, 7) is 4.77. The number of amides is 2. The van der Waals surface area contributed by atoms with Gasteiger partial charge in [-0.15, -0.1) is 0 Å². The fourth-order valence-electron chi connectivity index (χ4n) is 6.02. The highest BCUT2D eigenvalue weighted by molar-refractivity contribution is 6.31. The van der Waals surface area contributed by atoms with E-state index in [1.165, 1.54) is 0 Å². The highest BCUT2D eigenvalue weighted by Gasteiger charge is 2.48. The lowest BCUT2D eigenvalue weighted by molar-refractivity contribution is -0.139. The molecule has 2 N–H and O–H groups in total. The van der Waals surface area contributed by atoms with Crippen LogP contribution < -0.4 is 15.0 Å². The number of nitrogens with zero attached hydrogens (tertiary/aromatic N) is 3. The number of aliphatic carboxylic acids is 1. The number of hydrogen-bond acceptors (Lipinski definition) is 6. The maximum Gasteiger partial charge on any atom is 0.414 e. The zero-order valence-corrected chi connectivity index (χ0v) is 27.4. The Morgan fingerprint density at radius 3 is 2.68 bits per heavy atom. The highest BCUT2D eigenvalue weighted by Crippen LogP contribution is 2.57. The van der Waals surface area contributed by atoms with Gasteiger partial charge in [0.2, 0.25) is 0 Å². The van der Waals surface area contributed by atoms with Gasteiger partial charge < -0.3 is 19.9 Å². The van der Waals surface area contributed by atoms with E-state index in [9.17, 15) is 19.5 Å². The molecule has 1 aromatic heterocycles. The van der Waals surface area contributed by atoms with Crippen molar-refractivity contribution in [1.29, 1.82) is 0 Å². The number of ether oxygens (including phenoxy) is 2. The van der Waals surface area contributed by atoms with Crippen LogP contribution in [0.15, 0.2) is 67.0 Å². The predicted molar refractivity (Wildman–Crippen MR) is 179 cm³/mol. The lowest BCUT2D eigenvalue weighted by Crippen LogP contribution is -2.40. The van der Waals surface area contributed by atoms with Crippen molar-refractivity contribution in [2.24, 2.45) is 5.92 Å². The Bertz CT molecular complexity index is 1840. The van der Waals surface area contributed by atoms with Crippen LogP contribution in [0.2, 0.25) is 10.0 Å². The minimum Gasteiger partial charge on any atom is -0.490 e. The van der Waals surface area contributed by atoms with Gasteiger partial charge in [-0.05, 0) is 84.7 Å². The van der Waals surface area contributed by atoms with Crippen LogP contribution in [0.1, 0.15) is 52.7 Å². The topological polar surface area (TPSA) is 123 Å². The summed E-state index contributed by atoms with van der Waals surface area (Å²) >= 11 is 12.7. The van der Waals surface area contributed by atoms with Gasteiger partial charge in [-0.1, -0.05) is 48.3 Å². The molecule has 244 valence electrons. The number of carbonyl (C=O) groups is 3. The Morgan fingerprint density at radius 2 is 1.89 bits per heavy atom. The van der Waals surface area contributed by atoms with Crippen molar-refractivity contribution in [3.05, 3.63) is 99.3 Å². The average molecular weight is 678 g/mol. The van der Waals surface area contributed by atoms with Crippen molar-refractivity contribution < 1.29 is 29.0 Å². The predicted octanol–water partition coefficient (Wildman–Crippen LogP) is 6.95. The number of carbonyl (C=O) groups excluding carboxylic acids is 2. The molecule has 0 unspecified atom stereocenters. The molecule has 3 atom stereocenters. The first kappa shape index (κ1) is 32.4. The second kappa shape index (κ2) is 13.7. The van der Waals surface area contributed by atoms with Crippen molar-refractivity contribution in [3.8, 4) is 16.9 Å². The van der Waals surface area contributed by atoms with E-state index < -0.39 is 24.0 Å². The Morgan fingerprint density at radius 1 is 1.09 bits per heavy atom. The molecular formula is C35H34Cl2N4O6. The number of aromatic nitrogens is 2. The van der Waals surface area contributed by atoms with Crippen LogP contribution in [0.25, 0.3) is 11.1 Å². The molecule has 1 aliphatic carbocycles. The molecule has 1 fully saturated rings. The summed E-state index contributed by atoms with van der Waals surface area (Å²) in [6, 6.07) is 15.2. The molecule has 2 amide bonds. The van der Waals surface area contributed by atoms with E-state index in [0.717, 1.165) is 34.4 Å². The molecule has 0 bridgehead atoms. The van der Waals surface area contributed by atoms with E-state index in [1.54, 1.807) is 47.0 Å². The van der Waals surface area contributed by atoms with Gasteiger partial charge >= 0.3 is 12.1 Å². The summed E-state index contributed by atoms with van der Waals surface area (Å²) in [5.41, 5.74) is 5.64. The van der Waals surface area contributed by atoms with E-state index in [1.807, 2.05) is 43.5 Å². The molecule has 0 saturated heterocycles. The number of carboxylic acids is 1. The number of nitrogens with one attached hydrogen (secondary N) is 1. The second-order valence-corrected chi connectivity index (χ2v) is 12.6. The van der Waals surface area contributed by atoms with Crippen LogP contribution in [0, 0.1) is 12.8 Å². The Kier molecular flexibility index (Phi) is 9.42. The maximum atomic E-state index is 13.3. The number of fused-ring (bicyclic) bond motifs is 3. The number of halogens is 2. The average Bonchev–Trinajstić information content (AvgIpc) is 3.71. The molecule has 2 heterocycles. The van der Waals surface area contributed by atoms with Gasteiger partial charge in [0.1, 0.15) is 25.0 Å². The maximum absolute atomic E-state index is 13.3. The third kappa shape index (κ3) is 6.94. The Labute approximate surface area is 282 Å². The van der Waals surface area contributed by atoms with Gasteiger partial charge in [0.05, 0.1) is 18.4 Å². The third-order valence-corrected chi connectivity index (χ3v) is 9.46. The Balaban J connectivity index is 1.15. The first-order valence-corrected chi connectivity index (χ1v) is 16.2. The van der Waals surface area contributed by atoms with Crippen molar-refractivity contribution in [3.63, 3.8) is 0 Å². The minimum atomic E-state index is -1.09. The van der Waals surface area contributed by atoms with E-state index in [4.69, 9.17) is 32.7 Å². The molecule has 1 aliphatic heterocycles. The molecule has 3 aromatic carbocycles. The smallest absolute Gasteiger partial charge is 0.414 e. The fraction of sp³-hybridized carbons (Fsp3) is 0.314. The minimum absolute atomic E-state index is 0.0986. The second-order valence-electron chi connectivity index (χ2n) is 11.8. The number of hydrogen-bond donors (Lipinski definition) is 2. The Hall–Kier alpha value is -4.54. The number of benzene rings is 3. The molecule has 12 heteroatoms. The number of anilines is 1. The van der Waals surface area contributed by atoms with Gasteiger partial charge in [-0.25, -0.2) is 9.59 Å². The van der Waals surface area contributed by atoms with E-state index in [2.05, 4.69) is 10.4 Å². The van der Waals surface area contributed by atoms with Gasteiger partial charge in [0.25, 0.3) is 5.91 Å². The molecule has 1 saturated carbocycles. The van der Waals surface area contributed by atoms with E-state index >= 15 is 0 Å². The molecule has 10 nitrogen and oxygen atoms in total. The fourth-order valence-corrected chi connectivity index (χ4v) is 6.37. The lowest BCUT2D eigenvalue weighted by atomic mass is 9.93. The van der Waals surface area contributed by atoms with Crippen LogP contribution >= 0.6 is 23.2 Å². The largest absolute Gasteiger partial charge is 0.490 e. The van der Waals surface area contributed by atoms with Crippen molar-refractivity contribution in [1.82, 2.24) is 15.1 Å². The molecule has 0 radical (unpaired) electrons.